The van der Waals surface area contributed by atoms with E-state index < -0.39 is 0 Å². The number of nitrogens with one attached hydrogen (secondary N) is 3. The average molecular weight is 366 g/mol. The van der Waals surface area contributed by atoms with Crippen molar-refractivity contribution in [2.24, 2.45) is 0 Å². The molecule has 1 unspecified atom stereocenters. The van der Waals surface area contributed by atoms with Gasteiger partial charge in [-0.2, -0.15) is 5.10 Å². The number of amides is 2. The predicted molar refractivity (Wildman–Crippen MR) is 103 cm³/mol. The fourth-order valence-corrected chi connectivity index (χ4v) is 3.26. The molecule has 140 valence electrons. The molecular weight excluding hydrogens is 344 g/mol. The fourth-order valence-electron chi connectivity index (χ4n) is 3.26. The monoisotopic (exact) mass is 366 g/mol. The molecule has 0 aliphatic carbocycles. The standard InChI is InChI=1S/C20H22N4O3/c1-4-6-13-10-12(7-8-15(13)27-9-5-2)14-11-16(25)22-19-17(14)18(23-24-19)20(26)21-3/h4-5,7-8,10,14H,1-2,6,9,11H2,3H3,(H,21,26)(H2,22,23,24,25). The summed E-state index contributed by atoms with van der Waals surface area (Å²) in [5, 5.41) is 12.2. The van der Waals surface area contributed by atoms with Gasteiger partial charge in [-0.3, -0.25) is 14.7 Å². The predicted octanol–water partition coefficient (Wildman–Crippen LogP) is 2.54. The summed E-state index contributed by atoms with van der Waals surface area (Å²) in [5.74, 6) is 0.448. The SMILES string of the molecule is C=CCOc1ccc(C2CC(=O)Nc3n[nH]c(C(=O)NC)c32)cc1CC=C. The molecule has 7 nitrogen and oxygen atoms in total. The van der Waals surface area contributed by atoms with Crippen LogP contribution in [0.5, 0.6) is 5.75 Å². The summed E-state index contributed by atoms with van der Waals surface area (Å²) in [6.45, 7) is 7.87. The molecule has 0 radical (unpaired) electrons. The molecule has 1 atom stereocenters. The van der Waals surface area contributed by atoms with E-state index in [4.69, 9.17) is 4.74 Å². The highest BCUT2D eigenvalue weighted by Crippen LogP contribution is 2.39. The Morgan fingerprint density at radius 1 is 1.41 bits per heavy atom. The van der Waals surface area contributed by atoms with Gasteiger partial charge in [0.25, 0.3) is 5.91 Å². The lowest BCUT2D eigenvalue weighted by atomic mass is 9.84. The minimum Gasteiger partial charge on any atom is -0.489 e. The molecule has 2 heterocycles. The normalized spacial score (nSPS) is 15.4. The first kappa shape index (κ1) is 18.4. The third kappa shape index (κ3) is 3.62. The van der Waals surface area contributed by atoms with E-state index in [2.05, 4.69) is 34.0 Å². The molecule has 0 saturated carbocycles. The molecule has 27 heavy (non-hydrogen) atoms. The van der Waals surface area contributed by atoms with Crippen LogP contribution in [-0.2, 0) is 11.2 Å². The summed E-state index contributed by atoms with van der Waals surface area (Å²) in [7, 11) is 1.56. The van der Waals surface area contributed by atoms with Gasteiger partial charge >= 0.3 is 0 Å². The van der Waals surface area contributed by atoms with Gasteiger partial charge in [0.2, 0.25) is 5.91 Å². The quantitative estimate of drug-likeness (QED) is 0.656. The maximum atomic E-state index is 12.2. The Kier molecular flexibility index (Phi) is 5.40. The van der Waals surface area contributed by atoms with Crippen LogP contribution < -0.4 is 15.4 Å². The van der Waals surface area contributed by atoms with Gasteiger partial charge in [0.15, 0.2) is 5.82 Å². The van der Waals surface area contributed by atoms with Crippen molar-refractivity contribution in [3.05, 3.63) is 65.9 Å². The first-order chi connectivity index (χ1) is 13.1. The molecule has 0 saturated heterocycles. The number of hydrogen-bond acceptors (Lipinski definition) is 4. The molecule has 1 aromatic heterocycles. The van der Waals surface area contributed by atoms with Crippen molar-refractivity contribution in [2.75, 3.05) is 19.0 Å². The van der Waals surface area contributed by atoms with Crippen molar-refractivity contribution in [2.45, 2.75) is 18.8 Å². The number of carbonyl (C=O) groups is 2. The van der Waals surface area contributed by atoms with Crippen LogP contribution >= 0.6 is 0 Å². The van der Waals surface area contributed by atoms with E-state index in [-0.39, 0.29) is 24.2 Å². The largest absolute Gasteiger partial charge is 0.489 e. The topological polar surface area (TPSA) is 96.1 Å². The lowest BCUT2D eigenvalue weighted by Crippen LogP contribution is -2.26. The Morgan fingerprint density at radius 3 is 2.93 bits per heavy atom. The van der Waals surface area contributed by atoms with Crippen LogP contribution in [0.25, 0.3) is 0 Å². The average Bonchev–Trinajstić information content (AvgIpc) is 3.09. The number of aromatic amines is 1. The number of anilines is 1. The summed E-state index contributed by atoms with van der Waals surface area (Å²) < 4.78 is 5.71. The summed E-state index contributed by atoms with van der Waals surface area (Å²) >= 11 is 0. The zero-order chi connectivity index (χ0) is 19.4. The number of ether oxygens (including phenoxy) is 1. The van der Waals surface area contributed by atoms with Crippen LogP contribution in [0.15, 0.2) is 43.5 Å². The molecule has 2 amide bonds. The number of carbonyl (C=O) groups excluding carboxylic acids is 2. The number of nitrogens with zero attached hydrogens (tertiary/aromatic N) is 1. The molecule has 3 N–H and O–H groups in total. The number of fused-ring (bicyclic) bond motifs is 1. The van der Waals surface area contributed by atoms with Crippen LogP contribution in [0.1, 0.15) is 39.5 Å². The highest BCUT2D eigenvalue weighted by Gasteiger charge is 2.33. The molecule has 2 aromatic rings. The van der Waals surface area contributed by atoms with E-state index >= 15 is 0 Å². The third-order valence-electron chi connectivity index (χ3n) is 4.46. The molecule has 0 fully saturated rings. The number of rotatable bonds is 7. The van der Waals surface area contributed by atoms with Crippen LogP contribution in [0.4, 0.5) is 5.82 Å². The number of aromatic nitrogens is 2. The Labute approximate surface area is 157 Å². The lowest BCUT2D eigenvalue weighted by molar-refractivity contribution is -0.116. The van der Waals surface area contributed by atoms with E-state index in [1.165, 1.54) is 0 Å². The molecule has 7 heteroatoms. The second-order valence-electron chi connectivity index (χ2n) is 6.20. The molecule has 0 bridgehead atoms. The molecule has 1 aromatic carbocycles. The number of benzene rings is 1. The fraction of sp³-hybridized carbons (Fsp3) is 0.250. The molecule has 1 aliphatic heterocycles. The molecule has 1 aliphatic rings. The summed E-state index contributed by atoms with van der Waals surface area (Å²) in [5.41, 5.74) is 2.93. The van der Waals surface area contributed by atoms with Crippen molar-refractivity contribution >= 4 is 17.6 Å². The second-order valence-corrected chi connectivity index (χ2v) is 6.20. The summed E-state index contributed by atoms with van der Waals surface area (Å²) in [6, 6.07) is 5.79. The van der Waals surface area contributed by atoms with E-state index in [9.17, 15) is 9.59 Å². The maximum Gasteiger partial charge on any atom is 0.269 e. The Morgan fingerprint density at radius 2 is 2.22 bits per heavy atom. The molecule has 0 spiro atoms. The first-order valence-electron chi connectivity index (χ1n) is 8.66. The van der Waals surface area contributed by atoms with Crippen molar-refractivity contribution in [3.63, 3.8) is 0 Å². The van der Waals surface area contributed by atoms with Crippen molar-refractivity contribution in [1.29, 1.82) is 0 Å². The van der Waals surface area contributed by atoms with Crippen molar-refractivity contribution in [1.82, 2.24) is 15.5 Å². The third-order valence-corrected chi connectivity index (χ3v) is 4.46. The minimum atomic E-state index is -0.281. The van der Waals surface area contributed by atoms with Crippen LogP contribution in [0, 0.1) is 0 Å². The first-order valence-corrected chi connectivity index (χ1v) is 8.66. The Hall–Kier alpha value is -3.35. The van der Waals surface area contributed by atoms with E-state index in [0.29, 0.717) is 30.1 Å². The van der Waals surface area contributed by atoms with Gasteiger partial charge in [-0.1, -0.05) is 30.9 Å². The zero-order valence-electron chi connectivity index (χ0n) is 15.2. The Bertz CT molecular complexity index is 901. The van der Waals surface area contributed by atoms with Gasteiger partial charge in [-0.15, -0.1) is 6.58 Å². The van der Waals surface area contributed by atoms with Gasteiger partial charge in [-0.05, 0) is 23.6 Å². The van der Waals surface area contributed by atoms with E-state index in [0.717, 1.165) is 16.9 Å². The Balaban J connectivity index is 2.06. The lowest BCUT2D eigenvalue weighted by Gasteiger charge is -2.24. The van der Waals surface area contributed by atoms with E-state index in [1.807, 2.05) is 18.2 Å². The maximum absolute atomic E-state index is 12.2. The number of allylic oxidation sites excluding steroid dienone is 1. The van der Waals surface area contributed by atoms with E-state index in [1.54, 1.807) is 19.2 Å². The van der Waals surface area contributed by atoms with Gasteiger partial charge in [0.1, 0.15) is 18.1 Å². The minimum absolute atomic E-state index is 0.139. The number of H-pyrrole nitrogens is 1. The molecular formula is C20H22N4O3. The van der Waals surface area contributed by atoms with Gasteiger partial charge in [0.05, 0.1) is 0 Å². The van der Waals surface area contributed by atoms with Crippen molar-refractivity contribution < 1.29 is 14.3 Å². The van der Waals surface area contributed by atoms with Gasteiger partial charge < -0.3 is 15.4 Å². The van der Waals surface area contributed by atoms with Crippen LogP contribution in [0.3, 0.4) is 0 Å². The zero-order valence-corrected chi connectivity index (χ0v) is 15.2. The second kappa shape index (κ2) is 7.90. The van der Waals surface area contributed by atoms with Crippen molar-refractivity contribution in [3.8, 4) is 5.75 Å². The smallest absolute Gasteiger partial charge is 0.269 e. The summed E-state index contributed by atoms with van der Waals surface area (Å²) in [4.78, 5) is 24.4. The van der Waals surface area contributed by atoms with Crippen LogP contribution in [0.2, 0.25) is 0 Å². The van der Waals surface area contributed by atoms with Gasteiger partial charge in [0, 0.05) is 24.9 Å². The number of hydrogen-bond donors (Lipinski definition) is 3. The highest BCUT2D eigenvalue weighted by molar-refractivity contribution is 6.00. The molecule has 3 rings (SSSR count). The van der Waals surface area contributed by atoms with Crippen LogP contribution in [-0.4, -0.2) is 35.7 Å². The highest BCUT2D eigenvalue weighted by atomic mass is 16.5. The van der Waals surface area contributed by atoms with Gasteiger partial charge in [-0.25, -0.2) is 0 Å². The summed E-state index contributed by atoms with van der Waals surface area (Å²) in [6.07, 6.45) is 4.34.